The van der Waals surface area contributed by atoms with Gasteiger partial charge < -0.3 is 28.3 Å². The molecule has 0 aliphatic rings. The molecule has 14 heteroatoms. The van der Waals surface area contributed by atoms with Crippen LogP contribution in [0.1, 0.15) is 22.9 Å². The van der Waals surface area contributed by atoms with Gasteiger partial charge in [0.15, 0.2) is 23.2 Å². The highest BCUT2D eigenvalue weighted by Crippen LogP contribution is 2.27. The molecule has 0 bridgehead atoms. The van der Waals surface area contributed by atoms with Gasteiger partial charge in [-0.05, 0) is 83.9 Å². The van der Waals surface area contributed by atoms with Crippen molar-refractivity contribution in [2.24, 2.45) is 0 Å². The van der Waals surface area contributed by atoms with Gasteiger partial charge in [-0.25, -0.2) is 19.3 Å². The number of aromatic amines is 2. The Hall–Kier alpha value is -7.74. The highest BCUT2D eigenvalue weighted by atomic mass is 16.5. The molecule has 0 aliphatic heterocycles. The van der Waals surface area contributed by atoms with Gasteiger partial charge in [-0.2, -0.15) is 0 Å². The number of fused-ring (bicyclic) bond motifs is 2. The number of furan rings is 2. The normalized spacial score (nSPS) is 11.5. The molecule has 0 unspecified atom stereocenters. The van der Waals surface area contributed by atoms with Gasteiger partial charge in [0.25, 0.3) is 0 Å². The van der Waals surface area contributed by atoms with Crippen LogP contribution in [0.2, 0.25) is 0 Å². The first-order valence-electron chi connectivity index (χ1n) is 18.0. The summed E-state index contributed by atoms with van der Waals surface area (Å²) in [6, 6.07) is 39.3. The topological polar surface area (TPSA) is 164 Å². The van der Waals surface area contributed by atoms with Crippen LogP contribution in [0.25, 0.3) is 56.4 Å². The molecule has 10 rings (SSSR count). The number of rotatable bonds is 13. The molecule has 10 aromatic rings. The van der Waals surface area contributed by atoms with Crippen LogP contribution in [0.4, 0.5) is 0 Å². The molecule has 0 amide bonds. The maximum Gasteiger partial charge on any atom is 0.174 e. The van der Waals surface area contributed by atoms with E-state index in [1.165, 1.54) is 0 Å². The van der Waals surface area contributed by atoms with E-state index < -0.39 is 0 Å². The van der Waals surface area contributed by atoms with Gasteiger partial charge in [0.2, 0.25) is 0 Å². The number of aromatic nitrogens is 10. The van der Waals surface area contributed by atoms with Gasteiger partial charge in [-0.15, -0.1) is 10.2 Å². The second-order valence-corrected chi connectivity index (χ2v) is 13.2. The molecule has 274 valence electrons. The van der Waals surface area contributed by atoms with E-state index in [4.69, 9.17) is 18.3 Å². The molecule has 0 atom stereocenters. The maximum absolute atomic E-state index is 6.03. The van der Waals surface area contributed by atoms with Gasteiger partial charge in [-0.1, -0.05) is 59.0 Å². The quantitative estimate of drug-likeness (QED) is 0.118. The Bertz CT molecular complexity index is 2630. The minimum atomic E-state index is 0.287. The number of benzene rings is 4. The molecule has 4 aromatic carbocycles. The lowest BCUT2D eigenvalue weighted by Crippen LogP contribution is -1.99. The van der Waals surface area contributed by atoms with E-state index in [1.54, 1.807) is 9.36 Å². The van der Waals surface area contributed by atoms with Crippen LogP contribution < -0.4 is 9.47 Å². The molecule has 0 fully saturated rings. The van der Waals surface area contributed by atoms with Crippen molar-refractivity contribution in [3.8, 4) is 45.8 Å². The lowest BCUT2D eigenvalue weighted by atomic mass is 10.1. The molecule has 0 radical (unpaired) electrons. The van der Waals surface area contributed by atoms with E-state index in [1.807, 2.05) is 134 Å². The van der Waals surface area contributed by atoms with Gasteiger partial charge in [0.05, 0.1) is 34.5 Å². The number of H-pyrrole nitrogens is 2. The Morgan fingerprint density at radius 1 is 0.500 bits per heavy atom. The molecule has 6 heterocycles. The number of para-hydroxylation sites is 4. The summed E-state index contributed by atoms with van der Waals surface area (Å²) in [4.78, 5) is 15.8. The summed E-state index contributed by atoms with van der Waals surface area (Å²) in [5.41, 5.74) is 7.24. The lowest BCUT2D eigenvalue weighted by molar-refractivity contribution is 0.301. The fourth-order valence-corrected chi connectivity index (χ4v) is 6.40. The largest absolute Gasteiger partial charge is 0.487 e. The third-order valence-corrected chi connectivity index (χ3v) is 9.19. The molecule has 0 saturated carbocycles. The summed E-state index contributed by atoms with van der Waals surface area (Å²) in [5.74, 6) is 5.67. The number of imidazole rings is 2. The monoisotopic (exact) mass is 740 g/mol. The summed E-state index contributed by atoms with van der Waals surface area (Å²) in [5, 5.41) is 17.0. The number of nitrogens with zero attached hydrogens (tertiary/aromatic N) is 8. The molecule has 2 N–H and O–H groups in total. The van der Waals surface area contributed by atoms with E-state index in [9.17, 15) is 0 Å². The summed E-state index contributed by atoms with van der Waals surface area (Å²) in [6.45, 7) is 1.45. The van der Waals surface area contributed by atoms with Crippen molar-refractivity contribution in [3.05, 3.63) is 157 Å². The van der Waals surface area contributed by atoms with Crippen molar-refractivity contribution in [1.29, 1.82) is 0 Å². The van der Waals surface area contributed by atoms with E-state index in [2.05, 4.69) is 40.6 Å². The van der Waals surface area contributed by atoms with Gasteiger partial charge in [-0.3, -0.25) is 0 Å². The molecule has 0 spiro atoms. The highest BCUT2D eigenvalue weighted by Gasteiger charge is 2.13. The van der Waals surface area contributed by atoms with Crippen LogP contribution in [0, 0.1) is 0 Å². The predicted molar refractivity (Wildman–Crippen MR) is 206 cm³/mol. The van der Waals surface area contributed by atoms with Crippen molar-refractivity contribution < 1.29 is 18.3 Å². The molecule has 56 heavy (non-hydrogen) atoms. The second kappa shape index (κ2) is 14.2. The Kier molecular flexibility index (Phi) is 8.36. The maximum atomic E-state index is 6.03. The molecule has 6 aromatic heterocycles. The van der Waals surface area contributed by atoms with Crippen LogP contribution in [0.5, 0.6) is 11.5 Å². The third kappa shape index (κ3) is 7.01. The summed E-state index contributed by atoms with van der Waals surface area (Å²) in [7, 11) is 0. The van der Waals surface area contributed by atoms with Crippen molar-refractivity contribution in [3.63, 3.8) is 0 Å². The molecular weight excluding hydrogens is 709 g/mol. The van der Waals surface area contributed by atoms with E-state index >= 15 is 0 Å². The lowest BCUT2D eigenvalue weighted by Gasteiger charge is -2.08. The Labute approximate surface area is 318 Å². The van der Waals surface area contributed by atoms with Crippen LogP contribution in [0.3, 0.4) is 0 Å². The van der Waals surface area contributed by atoms with Crippen LogP contribution in [0.15, 0.2) is 143 Å². The fourth-order valence-electron chi connectivity index (χ4n) is 6.40. The standard InChI is InChI=1S/C42H32N10O4/c1-2-6-36-35(5-1)43-41(44-36)39-19-17-33(55-39)23-51-21-29(47-49-51)25-53-31-13-9-27(10-14-31)28-11-15-32(16-12-28)54-26-30-22-52(50-48-30)24-34-18-20-40(56-34)42-45-37-7-3-4-8-38(37)46-42/h1-22H,23-26H2,(H,43,44)(H,45,46). The van der Waals surface area contributed by atoms with Crippen LogP contribution >= 0.6 is 0 Å². The zero-order chi connectivity index (χ0) is 37.3. The number of hydrogen-bond acceptors (Lipinski definition) is 10. The zero-order valence-electron chi connectivity index (χ0n) is 29.7. The zero-order valence-corrected chi connectivity index (χ0v) is 29.7. The van der Waals surface area contributed by atoms with Crippen molar-refractivity contribution in [2.45, 2.75) is 26.3 Å². The number of nitrogens with one attached hydrogen (secondary N) is 2. The number of ether oxygens (including phenoxy) is 2. The molecule has 0 aliphatic carbocycles. The summed E-state index contributed by atoms with van der Waals surface area (Å²) >= 11 is 0. The third-order valence-electron chi connectivity index (χ3n) is 9.19. The van der Waals surface area contributed by atoms with E-state index in [0.717, 1.165) is 56.2 Å². The molecular formula is C42H32N10O4. The van der Waals surface area contributed by atoms with Gasteiger partial charge in [0.1, 0.15) is 60.7 Å². The first kappa shape index (κ1) is 32.9. The second-order valence-electron chi connectivity index (χ2n) is 13.2. The van der Waals surface area contributed by atoms with Crippen molar-refractivity contribution in [2.75, 3.05) is 0 Å². The van der Waals surface area contributed by atoms with Gasteiger partial charge >= 0.3 is 0 Å². The van der Waals surface area contributed by atoms with Crippen molar-refractivity contribution >= 4 is 22.1 Å². The van der Waals surface area contributed by atoms with Gasteiger partial charge in [0, 0.05) is 0 Å². The van der Waals surface area contributed by atoms with Crippen molar-refractivity contribution in [1.82, 2.24) is 49.9 Å². The van der Waals surface area contributed by atoms with E-state index in [0.29, 0.717) is 47.6 Å². The summed E-state index contributed by atoms with van der Waals surface area (Å²) in [6.07, 6.45) is 3.70. The Morgan fingerprint density at radius 2 is 0.946 bits per heavy atom. The van der Waals surface area contributed by atoms with E-state index in [-0.39, 0.29) is 13.2 Å². The highest BCUT2D eigenvalue weighted by molar-refractivity contribution is 5.79. The average Bonchev–Trinajstić information content (AvgIpc) is 4.09. The van der Waals surface area contributed by atoms with Crippen LogP contribution in [-0.4, -0.2) is 49.9 Å². The average molecular weight is 741 g/mol. The predicted octanol–water partition coefficient (Wildman–Crippen LogP) is 8.06. The fraction of sp³-hybridized carbons (Fsp3) is 0.0952. The minimum Gasteiger partial charge on any atom is -0.487 e. The number of hydrogen-bond donors (Lipinski definition) is 2. The minimum absolute atomic E-state index is 0.287. The smallest absolute Gasteiger partial charge is 0.174 e. The molecule has 14 nitrogen and oxygen atoms in total. The first-order valence-corrected chi connectivity index (χ1v) is 18.0. The Morgan fingerprint density at radius 3 is 1.39 bits per heavy atom. The summed E-state index contributed by atoms with van der Waals surface area (Å²) < 4.78 is 27.5. The first-order chi connectivity index (χ1) is 27.6. The SMILES string of the molecule is c1ccc2[nH]c(-c3ccc(Cn4cc(COc5ccc(-c6ccc(OCc7cn(Cc8ccc(-c9nc%10ccccc%10[nH]9)o8)nn7)cc6)cc5)nn4)o3)nc2c1. The van der Waals surface area contributed by atoms with Crippen LogP contribution in [-0.2, 0) is 26.3 Å². The molecule has 0 saturated heterocycles. The Balaban J connectivity index is 0.690.